The van der Waals surface area contributed by atoms with Gasteiger partial charge in [-0.15, -0.1) is 0 Å². The van der Waals surface area contributed by atoms with Gasteiger partial charge >= 0.3 is 6.61 Å². The number of amides is 1. The molecule has 1 amide bonds. The van der Waals surface area contributed by atoms with Gasteiger partial charge in [0.1, 0.15) is 17.1 Å². The summed E-state index contributed by atoms with van der Waals surface area (Å²) < 4.78 is 47.7. The number of methoxy groups -OCH3 is 1. The third-order valence-electron chi connectivity index (χ3n) is 3.57. The maximum Gasteiger partial charge on any atom is 0.388 e. The molecule has 0 saturated carbocycles. The minimum absolute atomic E-state index is 0.115. The number of hydrogen-bond acceptors (Lipinski definition) is 6. The number of rotatable bonds is 7. The smallest absolute Gasteiger partial charge is 0.388 e. The Morgan fingerprint density at radius 1 is 1.32 bits per heavy atom. The molecule has 0 aliphatic heterocycles. The lowest BCUT2D eigenvalue weighted by Gasteiger charge is -2.08. The van der Waals surface area contributed by atoms with Crippen molar-refractivity contribution in [2.24, 2.45) is 0 Å². The fourth-order valence-electron chi connectivity index (χ4n) is 2.36. The van der Waals surface area contributed by atoms with Crippen molar-refractivity contribution in [1.29, 1.82) is 0 Å². The zero-order chi connectivity index (χ0) is 20.1. The van der Waals surface area contributed by atoms with Gasteiger partial charge in [0.05, 0.1) is 19.2 Å². The predicted molar refractivity (Wildman–Crippen MR) is 90.4 cm³/mol. The van der Waals surface area contributed by atoms with Crippen molar-refractivity contribution in [3.8, 4) is 23.0 Å². The summed E-state index contributed by atoms with van der Waals surface area (Å²) in [4.78, 5) is 20.0. The van der Waals surface area contributed by atoms with Crippen molar-refractivity contribution in [1.82, 2.24) is 25.5 Å². The Morgan fingerprint density at radius 2 is 2.14 bits per heavy atom. The highest BCUT2D eigenvalue weighted by Crippen LogP contribution is 2.28. The molecule has 0 aliphatic rings. The Labute approximate surface area is 156 Å². The number of carbonyl (C=O) groups is 1. The molecule has 2 aromatic heterocycles. The second-order valence-corrected chi connectivity index (χ2v) is 5.36. The molecule has 0 radical (unpaired) electrons. The molecule has 3 rings (SSSR count). The van der Waals surface area contributed by atoms with E-state index >= 15 is 0 Å². The number of nitrogens with one attached hydrogen (secondary N) is 2. The lowest BCUT2D eigenvalue weighted by atomic mass is 10.2. The number of aromatic nitrogens is 4. The van der Waals surface area contributed by atoms with Crippen LogP contribution in [0, 0.1) is 5.82 Å². The zero-order valence-corrected chi connectivity index (χ0v) is 14.4. The monoisotopic (exact) mass is 393 g/mol. The van der Waals surface area contributed by atoms with Gasteiger partial charge in [0.15, 0.2) is 11.6 Å². The standard InChI is InChI=1S/C17H14F3N5O3/c1-27-12-5-4-9(18)7-11(12)14-23-13(24-25-14)8-22-15(26)10-3-2-6-21-16(10)28-17(19)20/h2-7,17H,8H2,1H3,(H,22,26)(H,23,24,25). The van der Waals surface area contributed by atoms with Gasteiger partial charge in [-0.2, -0.15) is 13.9 Å². The maximum atomic E-state index is 13.5. The summed E-state index contributed by atoms with van der Waals surface area (Å²) in [6.07, 6.45) is 1.22. The topological polar surface area (TPSA) is 102 Å². The molecule has 0 spiro atoms. The number of aromatic amines is 1. The predicted octanol–water partition coefficient (Wildman–Crippen LogP) is 2.55. The Hall–Kier alpha value is -3.63. The van der Waals surface area contributed by atoms with E-state index in [0.717, 1.165) is 0 Å². The van der Waals surface area contributed by atoms with Crippen LogP contribution in [-0.4, -0.2) is 39.8 Å². The van der Waals surface area contributed by atoms with Gasteiger partial charge in [-0.1, -0.05) is 0 Å². The van der Waals surface area contributed by atoms with Crippen LogP contribution < -0.4 is 14.8 Å². The van der Waals surface area contributed by atoms with Crippen LogP contribution in [0.25, 0.3) is 11.4 Å². The van der Waals surface area contributed by atoms with Crippen molar-refractivity contribution in [2.75, 3.05) is 7.11 Å². The number of benzene rings is 1. The van der Waals surface area contributed by atoms with Crippen LogP contribution in [0.5, 0.6) is 11.6 Å². The summed E-state index contributed by atoms with van der Waals surface area (Å²) in [5.41, 5.74) is 0.192. The summed E-state index contributed by atoms with van der Waals surface area (Å²) in [7, 11) is 1.43. The van der Waals surface area contributed by atoms with E-state index in [2.05, 4.69) is 30.2 Å². The van der Waals surface area contributed by atoms with Crippen LogP contribution in [0.4, 0.5) is 13.2 Å². The van der Waals surface area contributed by atoms with E-state index < -0.39 is 24.2 Å². The molecule has 146 valence electrons. The molecule has 11 heteroatoms. The molecule has 3 aromatic rings. The molecule has 0 fully saturated rings. The van der Waals surface area contributed by atoms with E-state index in [1.165, 1.54) is 43.6 Å². The highest BCUT2D eigenvalue weighted by Gasteiger charge is 2.18. The van der Waals surface area contributed by atoms with E-state index in [-0.39, 0.29) is 23.8 Å². The molecule has 0 bridgehead atoms. The third kappa shape index (κ3) is 4.37. The first kappa shape index (κ1) is 19.1. The first-order chi connectivity index (χ1) is 13.5. The largest absolute Gasteiger partial charge is 0.496 e. The first-order valence-corrected chi connectivity index (χ1v) is 7.91. The molecule has 8 nitrogen and oxygen atoms in total. The van der Waals surface area contributed by atoms with Crippen LogP contribution in [0.15, 0.2) is 36.5 Å². The Bertz CT molecular complexity index is 980. The summed E-state index contributed by atoms with van der Waals surface area (Å²) in [6, 6.07) is 6.62. The Morgan fingerprint density at radius 3 is 2.89 bits per heavy atom. The van der Waals surface area contributed by atoms with Gasteiger partial charge in [0.2, 0.25) is 5.88 Å². The SMILES string of the molecule is COc1ccc(F)cc1-c1nc(CNC(=O)c2cccnc2OC(F)F)n[nH]1. The summed E-state index contributed by atoms with van der Waals surface area (Å²) >= 11 is 0. The number of hydrogen-bond donors (Lipinski definition) is 2. The van der Waals surface area contributed by atoms with E-state index in [9.17, 15) is 18.0 Å². The van der Waals surface area contributed by atoms with Crippen LogP contribution in [-0.2, 0) is 6.54 Å². The van der Waals surface area contributed by atoms with E-state index in [0.29, 0.717) is 11.3 Å². The average Bonchev–Trinajstić information content (AvgIpc) is 3.15. The van der Waals surface area contributed by atoms with Gasteiger partial charge in [0, 0.05) is 6.20 Å². The van der Waals surface area contributed by atoms with Crippen molar-refractivity contribution < 1.29 is 27.4 Å². The number of carbonyl (C=O) groups excluding carboxylic acids is 1. The highest BCUT2D eigenvalue weighted by molar-refractivity contribution is 5.96. The molecule has 2 heterocycles. The van der Waals surface area contributed by atoms with E-state index in [4.69, 9.17) is 4.74 Å². The van der Waals surface area contributed by atoms with Crippen LogP contribution in [0.3, 0.4) is 0 Å². The molecule has 0 saturated heterocycles. The van der Waals surface area contributed by atoms with Crippen LogP contribution >= 0.6 is 0 Å². The Balaban J connectivity index is 1.72. The van der Waals surface area contributed by atoms with Crippen molar-refractivity contribution in [2.45, 2.75) is 13.2 Å². The van der Waals surface area contributed by atoms with Gasteiger partial charge in [-0.3, -0.25) is 9.89 Å². The number of H-pyrrole nitrogens is 1. The van der Waals surface area contributed by atoms with Gasteiger partial charge in [-0.25, -0.2) is 14.4 Å². The molecule has 0 atom stereocenters. The number of pyridine rings is 1. The van der Waals surface area contributed by atoms with Crippen molar-refractivity contribution in [3.63, 3.8) is 0 Å². The highest BCUT2D eigenvalue weighted by atomic mass is 19.3. The van der Waals surface area contributed by atoms with E-state index in [1.807, 2.05) is 0 Å². The second kappa shape index (κ2) is 8.37. The Kier molecular flexibility index (Phi) is 5.72. The average molecular weight is 393 g/mol. The fourth-order valence-corrected chi connectivity index (χ4v) is 2.36. The summed E-state index contributed by atoms with van der Waals surface area (Å²) in [5, 5.41) is 9.05. The van der Waals surface area contributed by atoms with E-state index in [1.54, 1.807) is 0 Å². The minimum atomic E-state index is -3.11. The molecule has 28 heavy (non-hydrogen) atoms. The van der Waals surface area contributed by atoms with Gasteiger partial charge in [-0.05, 0) is 30.3 Å². The third-order valence-corrected chi connectivity index (χ3v) is 3.57. The quantitative estimate of drug-likeness (QED) is 0.640. The number of alkyl halides is 2. The molecule has 0 aliphatic carbocycles. The molecular weight excluding hydrogens is 379 g/mol. The molecule has 2 N–H and O–H groups in total. The first-order valence-electron chi connectivity index (χ1n) is 7.91. The molecule has 0 unspecified atom stereocenters. The van der Waals surface area contributed by atoms with Gasteiger partial charge in [0.25, 0.3) is 5.91 Å². The summed E-state index contributed by atoms with van der Waals surface area (Å²) in [5.74, 6) is -0.852. The minimum Gasteiger partial charge on any atom is -0.496 e. The lowest BCUT2D eigenvalue weighted by Crippen LogP contribution is -2.24. The molecule has 1 aromatic carbocycles. The number of ether oxygens (including phenoxy) is 2. The lowest BCUT2D eigenvalue weighted by molar-refractivity contribution is -0.0532. The van der Waals surface area contributed by atoms with Crippen molar-refractivity contribution >= 4 is 5.91 Å². The normalized spacial score (nSPS) is 10.8. The fraction of sp³-hybridized carbons (Fsp3) is 0.176. The second-order valence-electron chi connectivity index (χ2n) is 5.36. The van der Waals surface area contributed by atoms with Gasteiger partial charge < -0.3 is 14.8 Å². The zero-order valence-electron chi connectivity index (χ0n) is 14.4. The van der Waals surface area contributed by atoms with Crippen LogP contribution in [0.1, 0.15) is 16.2 Å². The van der Waals surface area contributed by atoms with Crippen LogP contribution in [0.2, 0.25) is 0 Å². The number of halogens is 3. The summed E-state index contributed by atoms with van der Waals surface area (Å²) in [6.45, 7) is -3.23. The maximum absolute atomic E-state index is 13.5. The molecular formula is C17H14F3N5O3. The number of nitrogens with zero attached hydrogens (tertiary/aromatic N) is 3. The van der Waals surface area contributed by atoms with Crippen molar-refractivity contribution in [3.05, 3.63) is 53.7 Å².